The molecule has 1 aromatic rings. The first-order valence-corrected chi connectivity index (χ1v) is 7.34. The maximum Gasteiger partial charge on any atom is 0.251 e. The van der Waals surface area contributed by atoms with Gasteiger partial charge in [-0.2, -0.15) is 0 Å². The maximum absolute atomic E-state index is 11.9. The van der Waals surface area contributed by atoms with Gasteiger partial charge < -0.3 is 10.6 Å². The van der Waals surface area contributed by atoms with Crippen LogP contribution in [0, 0.1) is 0 Å². The number of nitrogens with one attached hydrogen (secondary N) is 2. The van der Waals surface area contributed by atoms with Crippen LogP contribution in [0.15, 0.2) is 24.3 Å². The van der Waals surface area contributed by atoms with Crippen molar-refractivity contribution in [2.75, 3.05) is 20.1 Å². The number of hydrogen-bond donors (Lipinski definition) is 2. The molecule has 1 fully saturated rings. The molecule has 1 aliphatic rings. The van der Waals surface area contributed by atoms with Gasteiger partial charge in [0.05, 0.1) is 0 Å². The minimum Gasteiger partial charge on any atom is -0.351 e. The zero-order valence-electron chi connectivity index (χ0n) is 12.2. The molecule has 4 heteroatoms. The summed E-state index contributed by atoms with van der Waals surface area (Å²) in [6, 6.07) is 8.17. The Balaban J connectivity index is 0.00000200. The summed E-state index contributed by atoms with van der Waals surface area (Å²) < 4.78 is 0. The zero-order valence-corrected chi connectivity index (χ0v) is 13.0. The van der Waals surface area contributed by atoms with Crippen LogP contribution in [0.3, 0.4) is 0 Å². The van der Waals surface area contributed by atoms with Gasteiger partial charge in [-0.05, 0) is 43.5 Å². The highest BCUT2D eigenvalue weighted by molar-refractivity contribution is 5.94. The van der Waals surface area contributed by atoms with E-state index in [0.29, 0.717) is 12.5 Å². The van der Waals surface area contributed by atoms with Crippen LogP contribution in [0.4, 0.5) is 0 Å². The summed E-state index contributed by atoms with van der Waals surface area (Å²) in [5.41, 5.74) is 2.15. The Kier molecular flexibility index (Phi) is 7.63. The van der Waals surface area contributed by atoms with Crippen molar-refractivity contribution in [3.63, 3.8) is 0 Å². The van der Waals surface area contributed by atoms with Gasteiger partial charge in [-0.15, -0.1) is 12.4 Å². The fraction of sp³-hybridized carbons (Fsp3) is 0.562. The van der Waals surface area contributed by atoms with Crippen LogP contribution in [0.2, 0.25) is 0 Å². The van der Waals surface area contributed by atoms with Crippen molar-refractivity contribution in [1.29, 1.82) is 0 Å². The Morgan fingerprint density at radius 1 is 1.10 bits per heavy atom. The second-order valence-corrected chi connectivity index (χ2v) is 5.32. The largest absolute Gasteiger partial charge is 0.351 e. The van der Waals surface area contributed by atoms with Crippen LogP contribution in [0.5, 0.6) is 0 Å². The Morgan fingerprint density at radius 2 is 1.75 bits per heavy atom. The van der Waals surface area contributed by atoms with Crippen LogP contribution in [-0.2, 0) is 0 Å². The van der Waals surface area contributed by atoms with Crippen molar-refractivity contribution in [2.24, 2.45) is 0 Å². The van der Waals surface area contributed by atoms with Crippen LogP contribution >= 0.6 is 12.4 Å². The molecular weight excluding hydrogens is 272 g/mol. The van der Waals surface area contributed by atoms with Crippen molar-refractivity contribution in [3.05, 3.63) is 35.4 Å². The molecule has 1 aromatic carbocycles. The third-order valence-corrected chi connectivity index (χ3v) is 3.91. The van der Waals surface area contributed by atoms with Gasteiger partial charge in [0, 0.05) is 18.7 Å². The summed E-state index contributed by atoms with van der Waals surface area (Å²) in [6.45, 7) is 1.46. The average molecular weight is 297 g/mol. The van der Waals surface area contributed by atoms with Crippen molar-refractivity contribution >= 4 is 18.3 Å². The number of rotatable bonds is 5. The molecule has 1 aliphatic carbocycles. The van der Waals surface area contributed by atoms with Gasteiger partial charge in [-0.25, -0.2) is 0 Å². The highest BCUT2D eigenvalue weighted by atomic mass is 35.5. The molecule has 0 bridgehead atoms. The van der Waals surface area contributed by atoms with E-state index in [4.69, 9.17) is 0 Å². The third-order valence-electron chi connectivity index (χ3n) is 3.91. The molecule has 0 heterocycles. The fourth-order valence-electron chi connectivity index (χ4n) is 2.75. The lowest BCUT2D eigenvalue weighted by Gasteiger charge is -2.22. The summed E-state index contributed by atoms with van der Waals surface area (Å²) in [6.07, 6.45) is 6.66. The topological polar surface area (TPSA) is 41.1 Å². The smallest absolute Gasteiger partial charge is 0.251 e. The van der Waals surface area contributed by atoms with Gasteiger partial charge in [-0.3, -0.25) is 4.79 Å². The number of amides is 1. The zero-order chi connectivity index (χ0) is 13.5. The quantitative estimate of drug-likeness (QED) is 0.820. The summed E-state index contributed by atoms with van der Waals surface area (Å²) in [5.74, 6) is 0.723. The fourth-order valence-corrected chi connectivity index (χ4v) is 2.75. The molecule has 1 amide bonds. The number of carbonyl (C=O) groups is 1. The lowest BCUT2D eigenvalue weighted by molar-refractivity contribution is 0.0954. The number of halogens is 1. The highest BCUT2D eigenvalue weighted by Gasteiger charge is 2.15. The molecule has 1 saturated carbocycles. The van der Waals surface area contributed by atoms with Gasteiger partial charge in [0.2, 0.25) is 0 Å². The Morgan fingerprint density at radius 3 is 2.35 bits per heavy atom. The molecule has 0 aliphatic heterocycles. The van der Waals surface area contributed by atoms with Gasteiger partial charge >= 0.3 is 0 Å². The van der Waals surface area contributed by atoms with Gasteiger partial charge in [-0.1, -0.05) is 31.4 Å². The summed E-state index contributed by atoms with van der Waals surface area (Å²) in [7, 11) is 1.88. The predicted octanol–water partition coefficient (Wildman–Crippen LogP) is 3.11. The first-order chi connectivity index (χ1) is 9.31. The number of carbonyl (C=O) groups excluding carboxylic acids is 1. The molecule has 0 aromatic heterocycles. The van der Waals surface area contributed by atoms with Crippen LogP contribution < -0.4 is 10.6 Å². The standard InChI is InChI=1S/C16H24N2O.ClH/c1-17-11-12-18-16(19)15-9-7-14(8-10-15)13-5-3-2-4-6-13;/h7-10,13,17H,2-6,11-12H2,1H3,(H,18,19);1H. The lowest BCUT2D eigenvalue weighted by atomic mass is 9.84. The second kappa shape index (κ2) is 8.98. The van der Waals surface area contributed by atoms with Crippen molar-refractivity contribution in [2.45, 2.75) is 38.0 Å². The lowest BCUT2D eigenvalue weighted by Crippen LogP contribution is -2.30. The Bertz CT molecular complexity index is 399. The molecule has 2 N–H and O–H groups in total. The monoisotopic (exact) mass is 296 g/mol. The molecule has 0 unspecified atom stereocenters. The van der Waals surface area contributed by atoms with E-state index in [1.807, 2.05) is 19.2 Å². The summed E-state index contributed by atoms with van der Waals surface area (Å²) in [5, 5.41) is 5.91. The van der Waals surface area contributed by atoms with Gasteiger partial charge in [0.1, 0.15) is 0 Å². The normalized spacial score (nSPS) is 15.4. The molecule has 3 nitrogen and oxygen atoms in total. The average Bonchev–Trinajstić information content (AvgIpc) is 2.48. The second-order valence-electron chi connectivity index (χ2n) is 5.32. The van der Waals surface area contributed by atoms with Crippen LogP contribution in [-0.4, -0.2) is 26.0 Å². The predicted molar refractivity (Wildman–Crippen MR) is 85.8 cm³/mol. The van der Waals surface area contributed by atoms with Gasteiger partial charge in [0.25, 0.3) is 5.91 Å². The van der Waals surface area contributed by atoms with Crippen molar-refractivity contribution in [1.82, 2.24) is 10.6 Å². The van der Waals surface area contributed by atoms with Gasteiger partial charge in [0.15, 0.2) is 0 Å². The number of likely N-dealkylation sites (N-methyl/N-ethyl adjacent to an activating group) is 1. The minimum absolute atomic E-state index is 0. The van der Waals surface area contributed by atoms with E-state index < -0.39 is 0 Å². The van der Waals surface area contributed by atoms with Crippen molar-refractivity contribution in [3.8, 4) is 0 Å². The molecule has 0 spiro atoms. The van der Waals surface area contributed by atoms with Crippen LogP contribution in [0.25, 0.3) is 0 Å². The SMILES string of the molecule is CNCCNC(=O)c1ccc(C2CCCCC2)cc1.Cl. The molecule has 0 saturated heterocycles. The van der Waals surface area contributed by atoms with Crippen LogP contribution in [0.1, 0.15) is 53.9 Å². The van der Waals surface area contributed by atoms with E-state index in [9.17, 15) is 4.79 Å². The molecule has 20 heavy (non-hydrogen) atoms. The number of benzene rings is 1. The first kappa shape index (κ1) is 17.0. The summed E-state index contributed by atoms with van der Waals surface area (Å²) in [4.78, 5) is 11.9. The third kappa shape index (κ3) is 4.80. The molecular formula is C16H25ClN2O. The minimum atomic E-state index is 0. The van der Waals surface area contributed by atoms with E-state index in [-0.39, 0.29) is 18.3 Å². The number of hydrogen-bond acceptors (Lipinski definition) is 2. The van der Waals surface area contributed by atoms with Crippen molar-refractivity contribution < 1.29 is 4.79 Å². The molecule has 2 rings (SSSR count). The van der Waals surface area contributed by atoms with E-state index in [2.05, 4.69) is 22.8 Å². The molecule has 0 atom stereocenters. The van der Waals surface area contributed by atoms with E-state index in [1.165, 1.54) is 37.7 Å². The summed E-state index contributed by atoms with van der Waals surface area (Å²) >= 11 is 0. The first-order valence-electron chi connectivity index (χ1n) is 7.34. The highest BCUT2D eigenvalue weighted by Crippen LogP contribution is 2.32. The Hall–Kier alpha value is -1.06. The van der Waals surface area contributed by atoms with E-state index in [0.717, 1.165) is 12.1 Å². The maximum atomic E-state index is 11.9. The molecule has 0 radical (unpaired) electrons. The Labute approximate surface area is 127 Å². The van der Waals surface area contributed by atoms with E-state index in [1.54, 1.807) is 0 Å². The van der Waals surface area contributed by atoms with E-state index >= 15 is 0 Å². The molecule has 112 valence electrons.